The second-order valence-corrected chi connectivity index (χ2v) is 4.29. The molecule has 1 rings (SSSR count). The van der Waals surface area contributed by atoms with Gasteiger partial charge in [-0.25, -0.2) is 0 Å². The van der Waals surface area contributed by atoms with Crippen LogP contribution in [0.1, 0.15) is 26.7 Å². The Labute approximate surface area is 126 Å². The minimum Gasteiger partial charge on any atom is -0.448 e. The molecule has 0 heterocycles. The van der Waals surface area contributed by atoms with E-state index in [-0.39, 0.29) is 57.4 Å². The summed E-state index contributed by atoms with van der Waals surface area (Å²) in [6.45, 7) is -0.158. The van der Waals surface area contributed by atoms with Gasteiger partial charge in [-0.3, -0.25) is 0 Å². The van der Waals surface area contributed by atoms with Crippen molar-refractivity contribution in [3.63, 3.8) is 0 Å². The maximum Gasteiger partial charge on any atom is 1.00 e. The predicted octanol–water partition coefficient (Wildman–Crippen LogP) is -0.503. The van der Waals surface area contributed by atoms with Crippen molar-refractivity contribution in [3.8, 4) is 0 Å². The molecule has 1 fully saturated rings. The standard InChI is InChI=1S/C8H16BF3N.K/c1-7(2)5-13(8-3-4-8)6-9(10,11)12;/h7-8H,3-6H2,1-2H3;/q-1;+1. The molecule has 14 heavy (non-hydrogen) atoms. The fourth-order valence-electron chi connectivity index (χ4n) is 1.55. The average molecular weight is 233 g/mol. The summed E-state index contributed by atoms with van der Waals surface area (Å²) in [5.41, 5.74) is 0. The first kappa shape index (κ1) is 15.5. The summed E-state index contributed by atoms with van der Waals surface area (Å²) in [5.74, 6) is 0.318. The van der Waals surface area contributed by atoms with Gasteiger partial charge in [0.05, 0.1) is 0 Å². The molecule has 0 N–H and O–H groups in total. The van der Waals surface area contributed by atoms with E-state index in [1.165, 1.54) is 0 Å². The second-order valence-electron chi connectivity index (χ2n) is 4.29. The van der Waals surface area contributed by atoms with Gasteiger partial charge >= 0.3 is 58.4 Å². The quantitative estimate of drug-likeness (QED) is 0.578. The minimum absolute atomic E-state index is 0. The maximum atomic E-state index is 12.2. The van der Waals surface area contributed by atoms with Crippen molar-refractivity contribution >= 4 is 6.98 Å². The second kappa shape index (κ2) is 6.25. The number of hydrogen-bond acceptors (Lipinski definition) is 1. The van der Waals surface area contributed by atoms with Crippen LogP contribution in [0.5, 0.6) is 0 Å². The van der Waals surface area contributed by atoms with E-state index in [0.717, 1.165) is 12.8 Å². The number of nitrogens with zero attached hydrogens (tertiary/aromatic N) is 1. The van der Waals surface area contributed by atoms with E-state index in [1.54, 1.807) is 4.90 Å². The summed E-state index contributed by atoms with van der Waals surface area (Å²) in [5, 5.41) is 0. The average Bonchev–Trinajstić information content (AvgIpc) is 2.60. The molecule has 1 nitrogen and oxygen atoms in total. The zero-order chi connectivity index (χ0) is 10.1. The molecule has 0 unspecified atom stereocenters. The van der Waals surface area contributed by atoms with E-state index >= 15 is 0 Å². The van der Waals surface area contributed by atoms with Crippen molar-refractivity contribution in [3.05, 3.63) is 0 Å². The summed E-state index contributed by atoms with van der Waals surface area (Å²) in [7, 11) is 0. The molecule has 1 saturated carbocycles. The molecule has 0 radical (unpaired) electrons. The van der Waals surface area contributed by atoms with Crippen LogP contribution >= 0.6 is 0 Å². The molecule has 0 bridgehead atoms. The number of rotatable bonds is 5. The zero-order valence-corrected chi connectivity index (χ0v) is 12.3. The van der Waals surface area contributed by atoms with Gasteiger partial charge in [-0.05, 0) is 31.7 Å². The fourth-order valence-corrected chi connectivity index (χ4v) is 1.55. The van der Waals surface area contributed by atoms with Gasteiger partial charge in [0.1, 0.15) is 0 Å². The first-order valence-corrected chi connectivity index (χ1v) is 4.83. The molecule has 6 heteroatoms. The van der Waals surface area contributed by atoms with Crippen LogP contribution in [-0.2, 0) is 0 Å². The Bertz CT molecular complexity index is 170. The summed E-state index contributed by atoms with van der Waals surface area (Å²) < 4.78 is 36.5. The van der Waals surface area contributed by atoms with Gasteiger partial charge in [-0.1, -0.05) is 13.8 Å². The van der Waals surface area contributed by atoms with Crippen LogP contribution in [0.25, 0.3) is 0 Å². The number of hydrogen-bond donors (Lipinski definition) is 0. The predicted molar refractivity (Wildman–Crippen MR) is 48.5 cm³/mol. The van der Waals surface area contributed by atoms with E-state index in [9.17, 15) is 12.9 Å². The smallest absolute Gasteiger partial charge is 0.448 e. The van der Waals surface area contributed by atoms with Gasteiger partial charge in [-0.15, -0.1) is 0 Å². The van der Waals surface area contributed by atoms with Crippen molar-refractivity contribution in [1.29, 1.82) is 0 Å². The molecule has 0 aromatic rings. The molecule has 0 spiro atoms. The Balaban J connectivity index is 0.00000169. The van der Waals surface area contributed by atoms with Crippen molar-refractivity contribution in [2.45, 2.75) is 32.7 Å². The van der Waals surface area contributed by atoms with Crippen LogP contribution in [0.15, 0.2) is 0 Å². The molecule has 0 aromatic carbocycles. The van der Waals surface area contributed by atoms with E-state index < -0.39 is 13.4 Å². The molecule has 78 valence electrons. The Morgan fingerprint density at radius 2 is 1.79 bits per heavy atom. The van der Waals surface area contributed by atoms with Crippen LogP contribution in [-0.4, -0.2) is 30.9 Å². The minimum atomic E-state index is -4.65. The zero-order valence-electron chi connectivity index (χ0n) is 9.14. The Morgan fingerprint density at radius 1 is 1.29 bits per heavy atom. The van der Waals surface area contributed by atoms with Crippen LogP contribution < -0.4 is 51.4 Å². The topological polar surface area (TPSA) is 3.24 Å². The van der Waals surface area contributed by atoms with E-state index in [2.05, 4.69) is 0 Å². The van der Waals surface area contributed by atoms with E-state index in [4.69, 9.17) is 0 Å². The number of halogens is 3. The van der Waals surface area contributed by atoms with E-state index in [1.807, 2.05) is 13.8 Å². The fraction of sp³-hybridized carbons (Fsp3) is 1.00. The normalized spacial score (nSPS) is 17.4. The van der Waals surface area contributed by atoms with Gasteiger partial charge in [0.25, 0.3) is 0 Å². The summed E-state index contributed by atoms with van der Waals surface area (Å²) in [6, 6.07) is 0.214. The van der Waals surface area contributed by atoms with Gasteiger partial charge in [-0.2, -0.15) is 0 Å². The third-order valence-electron chi connectivity index (χ3n) is 2.10. The molecular formula is C8H16BF3KN. The molecule has 0 aliphatic heterocycles. The monoisotopic (exact) mass is 233 g/mol. The largest absolute Gasteiger partial charge is 1.00 e. The summed E-state index contributed by atoms with van der Waals surface area (Å²) in [4.78, 5) is 1.59. The first-order valence-electron chi connectivity index (χ1n) is 4.83. The molecule has 0 aromatic heterocycles. The van der Waals surface area contributed by atoms with Crippen molar-refractivity contribution in [2.75, 3.05) is 13.0 Å². The van der Waals surface area contributed by atoms with Crippen molar-refractivity contribution in [1.82, 2.24) is 4.90 Å². The molecule has 1 aliphatic rings. The molecular weight excluding hydrogens is 217 g/mol. The SMILES string of the molecule is CC(C)CN(C[B-](F)(F)F)C1CC1.[K+]. The van der Waals surface area contributed by atoms with Crippen LogP contribution in [0, 0.1) is 5.92 Å². The van der Waals surface area contributed by atoms with Crippen LogP contribution in [0.3, 0.4) is 0 Å². The Hall–Kier alpha value is 1.45. The first-order chi connectivity index (χ1) is 5.88. The third-order valence-corrected chi connectivity index (χ3v) is 2.10. The molecule has 0 atom stereocenters. The Kier molecular flexibility index (Phi) is 6.90. The van der Waals surface area contributed by atoms with Gasteiger partial charge in [0.15, 0.2) is 0 Å². The van der Waals surface area contributed by atoms with Crippen LogP contribution in [0.4, 0.5) is 12.9 Å². The molecule has 0 saturated heterocycles. The van der Waals surface area contributed by atoms with E-state index in [0.29, 0.717) is 12.5 Å². The molecule has 0 amide bonds. The maximum absolute atomic E-state index is 12.2. The Morgan fingerprint density at radius 3 is 2.07 bits per heavy atom. The van der Waals surface area contributed by atoms with Crippen LogP contribution in [0.2, 0.25) is 0 Å². The summed E-state index contributed by atoms with van der Waals surface area (Å²) in [6.07, 6.45) is 1.21. The van der Waals surface area contributed by atoms with Gasteiger partial charge in [0.2, 0.25) is 0 Å². The van der Waals surface area contributed by atoms with Crippen molar-refractivity contribution < 1.29 is 64.3 Å². The van der Waals surface area contributed by atoms with Crippen molar-refractivity contribution in [2.24, 2.45) is 5.92 Å². The van der Waals surface area contributed by atoms with Gasteiger partial charge < -0.3 is 17.8 Å². The third kappa shape index (κ3) is 6.85. The van der Waals surface area contributed by atoms with Gasteiger partial charge in [0, 0.05) is 6.04 Å². The molecule has 1 aliphatic carbocycles. The summed E-state index contributed by atoms with van der Waals surface area (Å²) >= 11 is 0.